The molecule has 1 aliphatic rings. The molecule has 0 radical (unpaired) electrons. The lowest BCUT2D eigenvalue weighted by Gasteiger charge is -2.31. The minimum absolute atomic E-state index is 0.138. The van der Waals surface area contributed by atoms with Gasteiger partial charge in [0.15, 0.2) is 6.29 Å². The van der Waals surface area contributed by atoms with Gasteiger partial charge in [-0.05, 0) is 30.4 Å². The number of hydrogen-bond donors (Lipinski definition) is 2. The van der Waals surface area contributed by atoms with Gasteiger partial charge in [-0.15, -0.1) is 0 Å². The first-order chi connectivity index (χ1) is 10.4. The van der Waals surface area contributed by atoms with E-state index in [1.54, 1.807) is 6.07 Å². The van der Waals surface area contributed by atoms with Crippen LogP contribution in [0.3, 0.4) is 0 Å². The number of rotatable bonds is 4. The standard InChI is InChI=1S/C15H20O3.C2H4O2/c1-3-6-18-14-8-13-11(7-10(14)2)4-5-12(9-16)15(13)17;1-2(3)4/h4-5,9-10,14,17H,3,6-8H2,1-2H3;1H3,(H,3,4)/t10-,14-;/m1./s1. The van der Waals surface area contributed by atoms with Crippen molar-refractivity contribution in [3.8, 4) is 5.75 Å². The summed E-state index contributed by atoms with van der Waals surface area (Å²) in [5.41, 5.74) is 2.40. The number of carboxylic acids is 1. The normalized spacial score (nSPS) is 19.6. The summed E-state index contributed by atoms with van der Waals surface area (Å²) < 4.78 is 5.83. The van der Waals surface area contributed by atoms with E-state index in [-0.39, 0.29) is 11.9 Å². The Hall–Kier alpha value is -1.88. The molecule has 2 N–H and O–H groups in total. The van der Waals surface area contributed by atoms with Gasteiger partial charge in [0, 0.05) is 25.5 Å². The van der Waals surface area contributed by atoms with Gasteiger partial charge < -0.3 is 14.9 Å². The molecule has 122 valence electrons. The van der Waals surface area contributed by atoms with Crippen LogP contribution in [0.4, 0.5) is 0 Å². The van der Waals surface area contributed by atoms with Gasteiger partial charge in [-0.2, -0.15) is 0 Å². The quantitative estimate of drug-likeness (QED) is 0.836. The molecule has 0 aromatic heterocycles. The molecule has 5 heteroatoms. The molecule has 0 saturated heterocycles. The average Bonchev–Trinajstić information content (AvgIpc) is 2.45. The molecule has 1 aromatic carbocycles. The molecule has 0 aliphatic heterocycles. The summed E-state index contributed by atoms with van der Waals surface area (Å²) in [6.45, 7) is 6.09. The highest BCUT2D eigenvalue weighted by Gasteiger charge is 2.28. The highest BCUT2D eigenvalue weighted by Crippen LogP contribution is 2.34. The van der Waals surface area contributed by atoms with Crippen molar-refractivity contribution in [2.45, 2.75) is 46.1 Å². The number of carboxylic acid groups (broad SMARTS) is 1. The number of aldehydes is 1. The number of ether oxygens (including phenoxy) is 1. The number of fused-ring (bicyclic) bond motifs is 1. The van der Waals surface area contributed by atoms with Crippen molar-refractivity contribution >= 4 is 12.3 Å². The third-order valence-corrected chi connectivity index (χ3v) is 3.66. The van der Waals surface area contributed by atoms with E-state index in [1.165, 1.54) is 0 Å². The number of hydrogen-bond acceptors (Lipinski definition) is 4. The molecule has 0 spiro atoms. The maximum Gasteiger partial charge on any atom is 0.300 e. The van der Waals surface area contributed by atoms with Gasteiger partial charge in [0.1, 0.15) is 5.75 Å². The topological polar surface area (TPSA) is 83.8 Å². The molecule has 2 atom stereocenters. The first-order valence-electron chi connectivity index (χ1n) is 7.50. The molecule has 22 heavy (non-hydrogen) atoms. The van der Waals surface area contributed by atoms with Gasteiger partial charge >= 0.3 is 0 Å². The SMILES string of the molecule is CC(=O)O.CCCO[C@@H]1Cc2c(ccc(C=O)c2O)C[C@H]1C. The van der Waals surface area contributed by atoms with Crippen LogP contribution in [-0.4, -0.2) is 35.2 Å². The van der Waals surface area contributed by atoms with Crippen molar-refractivity contribution in [1.29, 1.82) is 0 Å². The minimum Gasteiger partial charge on any atom is -0.507 e. The first kappa shape index (κ1) is 18.2. The van der Waals surface area contributed by atoms with Gasteiger partial charge in [0.2, 0.25) is 0 Å². The lowest BCUT2D eigenvalue weighted by molar-refractivity contribution is -0.134. The van der Waals surface area contributed by atoms with E-state index in [2.05, 4.69) is 13.8 Å². The number of carbonyl (C=O) groups excluding carboxylic acids is 1. The summed E-state index contributed by atoms with van der Waals surface area (Å²) in [6, 6.07) is 3.65. The van der Waals surface area contributed by atoms with Crippen molar-refractivity contribution in [2.75, 3.05) is 6.61 Å². The third-order valence-electron chi connectivity index (χ3n) is 3.66. The Morgan fingerprint density at radius 1 is 1.41 bits per heavy atom. The van der Waals surface area contributed by atoms with Gasteiger partial charge in [-0.1, -0.05) is 19.9 Å². The van der Waals surface area contributed by atoms with Gasteiger partial charge in [0.25, 0.3) is 5.97 Å². The van der Waals surface area contributed by atoms with Crippen LogP contribution in [0.2, 0.25) is 0 Å². The number of aromatic hydroxyl groups is 1. The van der Waals surface area contributed by atoms with Crippen LogP contribution in [0.5, 0.6) is 5.75 Å². The predicted octanol–water partition coefficient (Wildman–Crippen LogP) is 2.83. The number of phenolic OH excluding ortho intramolecular Hbond substituents is 1. The summed E-state index contributed by atoms with van der Waals surface area (Å²) in [7, 11) is 0. The largest absolute Gasteiger partial charge is 0.507 e. The van der Waals surface area contributed by atoms with E-state index in [0.29, 0.717) is 24.2 Å². The van der Waals surface area contributed by atoms with Crippen LogP contribution >= 0.6 is 0 Å². The van der Waals surface area contributed by atoms with E-state index in [0.717, 1.165) is 37.5 Å². The fraction of sp³-hybridized carbons (Fsp3) is 0.529. The van der Waals surface area contributed by atoms with E-state index in [1.807, 2.05) is 6.07 Å². The summed E-state index contributed by atoms with van der Waals surface area (Å²) in [5.74, 6) is -0.245. The fourth-order valence-corrected chi connectivity index (χ4v) is 2.58. The molecule has 5 nitrogen and oxygen atoms in total. The Bertz CT molecular complexity index is 520. The molecular formula is C17H24O5. The molecule has 0 amide bonds. The van der Waals surface area contributed by atoms with Crippen LogP contribution < -0.4 is 0 Å². The number of carbonyl (C=O) groups is 2. The maximum atomic E-state index is 10.8. The lowest BCUT2D eigenvalue weighted by atomic mass is 9.81. The fourth-order valence-electron chi connectivity index (χ4n) is 2.58. The second-order valence-electron chi connectivity index (χ2n) is 5.57. The van der Waals surface area contributed by atoms with Gasteiger partial charge in [-0.3, -0.25) is 9.59 Å². The summed E-state index contributed by atoms with van der Waals surface area (Å²) in [5, 5.41) is 17.5. The molecular weight excluding hydrogens is 284 g/mol. The summed E-state index contributed by atoms with van der Waals surface area (Å²) in [6.07, 6.45) is 3.44. The zero-order valence-corrected chi connectivity index (χ0v) is 13.3. The molecule has 0 unspecified atom stereocenters. The number of benzene rings is 1. The molecule has 2 rings (SSSR count). The zero-order chi connectivity index (χ0) is 16.7. The van der Waals surface area contributed by atoms with Crippen LogP contribution in [0, 0.1) is 5.92 Å². The Morgan fingerprint density at radius 3 is 2.59 bits per heavy atom. The van der Waals surface area contributed by atoms with Crippen molar-refractivity contribution < 1.29 is 24.5 Å². The van der Waals surface area contributed by atoms with Crippen molar-refractivity contribution in [3.63, 3.8) is 0 Å². The van der Waals surface area contributed by atoms with Crippen molar-refractivity contribution in [2.24, 2.45) is 5.92 Å². The smallest absolute Gasteiger partial charge is 0.300 e. The van der Waals surface area contributed by atoms with E-state index >= 15 is 0 Å². The number of aliphatic carboxylic acids is 1. The van der Waals surface area contributed by atoms with Crippen LogP contribution in [0.15, 0.2) is 12.1 Å². The average molecular weight is 308 g/mol. The molecule has 0 heterocycles. The van der Waals surface area contributed by atoms with Gasteiger partial charge in [-0.25, -0.2) is 0 Å². The van der Waals surface area contributed by atoms with Crippen LogP contribution in [-0.2, 0) is 22.4 Å². The highest BCUT2D eigenvalue weighted by atomic mass is 16.5. The van der Waals surface area contributed by atoms with Crippen molar-refractivity contribution in [3.05, 3.63) is 28.8 Å². The molecule has 0 saturated carbocycles. The second-order valence-corrected chi connectivity index (χ2v) is 5.57. The zero-order valence-electron chi connectivity index (χ0n) is 13.3. The van der Waals surface area contributed by atoms with Crippen LogP contribution in [0.25, 0.3) is 0 Å². The second kappa shape index (κ2) is 8.54. The monoisotopic (exact) mass is 308 g/mol. The number of phenols is 1. The molecule has 0 fully saturated rings. The Morgan fingerprint density at radius 2 is 2.05 bits per heavy atom. The summed E-state index contributed by atoms with van der Waals surface area (Å²) in [4.78, 5) is 19.8. The Labute approximate surface area is 130 Å². The molecule has 1 aromatic rings. The lowest BCUT2D eigenvalue weighted by Crippen LogP contribution is -2.31. The first-order valence-corrected chi connectivity index (χ1v) is 7.50. The van der Waals surface area contributed by atoms with E-state index in [9.17, 15) is 9.90 Å². The summed E-state index contributed by atoms with van der Waals surface area (Å²) >= 11 is 0. The third kappa shape index (κ3) is 4.84. The maximum absolute atomic E-state index is 10.8. The minimum atomic E-state index is -0.833. The molecule has 0 bridgehead atoms. The van der Waals surface area contributed by atoms with Crippen LogP contribution in [0.1, 0.15) is 48.7 Å². The van der Waals surface area contributed by atoms with Crippen molar-refractivity contribution in [1.82, 2.24) is 0 Å². The van der Waals surface area contributed by atoms with E-state index < -0.39 is 5.97 Å². The van der Waals surface area contributed by atoms with Gasteiger partial charge in [0.05, 0.1) is 11.7 Å². The Kier molecular flexibility index (Phi) is 7.05. The molecule has 1 aliphatic carbocycles. The van der Waals surface area contributed by atoms with E-state index in [4.69, 9.17) is 14.6 Å². The highest BCUT2D eigenvalue weighted by molar-refractivity contribution is 5.80. The Balaban J connectivity index is 0.000000541. The predicted molar refractivity (Wildman–Crippen MR) is 83.4 cm³/mol.